The third kappa shape index (κ3) is 17.7. The fraction of sp³-hybridized carbons (Fsp3) is 1.00. The Morgan fingerprint density at radius 1 is 1.27 bits per heavy atom. The molecule has 1 unspecified atom stereocenters. The average molecular weight is 193 g/mol. The van der Waals surface area contributed by atoms with Gasteiger partial charge in [0, 0.05) is 0 Å². The summed E-state index contributed by atoms with van der Waals surface area (Å²) in [5, 5.41) is 0. The molecule has 1 atom stereocenters. The van der Waals surface area contributed by atoms with Crippen LogP contribution in [-0.2, 0) is 11.1 Å². The molecule has 7 heteroatoms. The van der Waals surface area contributed by atoms with E-state index in [2.05, 4.69) is 21.1 Å². The van der Waals surface area contributed by atoms with Crippen molar-refractivity contribution in [2.75, 3.05) is 21.1 Å². The van der Waals surface area contributed by atoms with E-state index in [1.165, 1.54) is 4.90 Å². The molecule has 0 aliphatic carbocycles. The number of halogens is 3. The molecule has 0 aliphatic rings. The lowest BCUT2D eigenvalue weighted by Gasteiger charge is -2.06. The Morgan fingerprint density at radius 3 is 1.36 bits per heavy atom. The quantitative estimate of drug-likeness (QED) is 0.509. The van der Waals surface area contributed by atoms with Gasteiger partial charge in [0.15, 0.2) is 0 Å². The summed E-state index contributed by atoms with van der Waals surface area (Å²) in [6, 6.07) is 0. The zero-order valence-electron chi connectivity index (χ0n) is 6.36. The summed E-state index contributed by atoms with van der Waals surface area (Å²) in [4.78, 5) is 1.42. The summed E-state index contributed by atoms with van der Waals surface area (Å²) in [6.45, 7) is 0. The number of rotatable bonds is 0. The van der Waals surface area contributed by atoms with Crippen LogP contribution in [0.5, 0.6) is 0 Å². The van der Waals surface area contributed by atoms with Gasteiger partial charge < -0.3 is 9.45 Å². The van der Waals surface area contributed by atoms with Crippen LogP contribution in [0.15, 0.2) is 0 Å². The molecule has 70 valence electrons. The molecule has 0 aromatic rings. The highest BCUT2D eigenvalue weighted by molar-refractivity contribution is 7.80. The minimum absolute atomic E-state index is 1.42. The molecule has 0 aliphatic heterocycles. The lowest BCUT2D eigenvalue weighted by Crippen LogP contribution is -3.02. The van der Waals surface area contributed by atoms with Crippen LogP contribution in [0.3, 0.4) is 0 Å². The SMILES string of the molecule is C[NH+](C)C.O=S([O-])C(F)(F)F. The molecule has 0 spiro atoms. The zero-order chi connectivity index (χ0) is 9.65. The van der Waals surface area contributed by atoms with Gasteiger partial charge in [0.2, 0.25) is 0 Å². The standard InChI is InChI=1S/C3H9N.CHF3O2S/c1-4(2)3;2-1(3,4)7(5)6/h1-3H3;(H,5,6). The number of quaternary nitrogens is 1. The Morgan fingerprint density at radius 2 is 1.36 bits per heavy atom. The van der Waals surface area contributed by atoms with Gasteiger partial charge in [0.1, 0.15) is 0 Å². The van der Waals surface area contributed by atoms with E-state index in [1.54, 1.807) is 0 Å². The monoisotopic (exact) mass is 193 g/mol. The summed E-state index contributed by atoms with van der Waals surface area (Å²) >= 11 is -3.93. The molecule has 0 rings (SSSR count). The predicted octanol–water partition coefficient (Wildman–Crippen LogP) is -0.854. The molecule has 0 aromatic heterocycles. The second-order valence-corrected chi connectivity index (χ2v) is 3.11. The van der Waals surface area contributed by atoms with Crippen molar-refractivity contribution in [3.05, 3.63) is 0 Å². The predicted molar refractivity (Wildman–Crippen MR) is 33.7 cm³/mol. The molecule has 0 aromatic carbocycles. The second-order valence-electron chi connectivity index (χ2n) is 2.18. The smallest absolute Gasteiger partial charge is 0.458 e. The molecular weight excluding hydrogens is 183 g/mol. The highest BCUT2D eigenvalue weighted by atomic mass is 32.2. The fourth-order valence-corrected chi connectivity index (χ4v) is 0. The van der Waals surface area contributed by atoms with E-state index in [1.807, 2.05) is 0 Å². The number of nitrogens with one attached hydrogen (secondary N) is 1. The Bertz CT molecular complexity index is 122. The van der Waals surface area contributed by atoms with Crippen molar-refractivity contribution in [1.82, 2.24) is 0 Å². The van der Waals surface area contributed by atoms with Crippen LogP contribution in [0.25, 0.3) is 0 Å². The highest BCUT2D eigenvalue weighted by Gasteiger charge is 2.28. The van der Waals surface area contributed by atoms with Crippen LogP contribution >= 0.6 is 0 Å². The molecule has 1 N–H and O–H groups in total. The zero-order valence-corrected chi connectivity index (χ0v) is 7.18. The summed E-state index contributed by atoms with van der Waals surface area (Å²) < 4.78 is 49.5. The number of hydrogen-bond donors (Lipinski definition) is 1. The Kier molecular flexibility index (Phi) is 6.73. The van der Waals surface area contributed by atoms with Crippen LogP contribution in [0.2, 0.25) is 0 Å². The first kappa shape index (κ1) is 13.4. The van der Waals surface area contributed by atoms with E-state index >= 15 is 0 Å². The first-order valence-electron chi connectivity index (χ1n) is 2.60. The third-order valence-corrected chi connectivity index (χ3v) is 0.567. The second kappa shape index (κ2) is 5.50. The number of hydrogen-bond acceptors (Lipinski definition) is 2. The molecule has 11 heavy (non-hydrogen) atoms. The molecule has 0 saturated carbocycles. The average Bonchev–Trinajstić information content (AvgIpc) is 1.59. The van der Waals surface area contributed by atoms with Gasteiger partial charge in [-0.3, -0.25) is 4.21 Å². The van der Waals surface area contributed by atoms with Crippen LogP contribution in [0.1, 0.15) is 0 Å². The first-order chi connectivity index (χ1) is 4.68. The van der Waals surface area contributed by atoms with Crippen molar-refractivity contribution >= 4 is 11.1 Å². The maximum Gasteiger partial charge on any atom is 0.458 e. The summed E-state index contributed by atoms with van der Waals surface area (Å²) in [5.74, 6) is 0. The summed E-state index contributed by atoms with van der Waals surface area (Å²) in [5.41, 5.74) is -5.08. The minimum atomic E-state index is -5.08. The summed E-state index contributed by atoms with van der Waals surface area (Å²) in [6.07, 6.45) is 0. The Labute approximate surface area is 65.5 Å². The maximum atomic E-state index is 10.6. The minimum Gasteiger partial charge on any atom is -0.766 e. The van der Waals surface area contributed by atoms with E-state index in [-0.39, 0.29) is 0 Å². The van der Waals surface area contributed by atoms with Crippen LogP contribution in [-0.4, -0.2) is 35.4 Å². The maximum absolute atomic E-state index is 10.6. The lowest BCUT2D eigenvalue weighted by molar-refractivity contribution is -0.836. The molecular formula is C4H10F3NO2S. The molecule has 0 heterocycles. The van der Waals surface area contributed by atoms with Crippen molar-refractivity contribution in [1.29, 1.82) is 0 Å². The van der Waals surface area contributed by atoms with Gasteiger partial charge in [-0.05, 0) is 0 Å². The topological polar surface area (TPSA) is 44.6 Å². The highest BCUT2D eigenvalue weighted by Crippen LogP contribution is 2.16. The first-order valence-corrected chi connectivity index (χ1v) is 3.68. The van der Waals surface area contributed by atoms with Crippen LogP contribution in [0.4, 0.5) is 13.2 Å². The molecule has 0 radical (unpaired) electrons. The Balaban J connectivity index is 0. The van der Waals surface area contributed by atoms with Gasteiger partial charge in [0.05, 0.1) is 32.2 Å². The molecule has 3 nitrogen and oxygen atoms in total. The van der Waals surface area contributed by atoms with Crippen molar-refractivity contribution in [3.8, 4) is 0 Å². The van der Waals surface area contributed by atoms with E-state index in [4.69, 9.17) is 8.76 Å². The van der Waals surface area contributed by atoms with Gasteiger partial charge in [-0.25, -0.2) is 0 Å². The van der Waals surface area contributed by atoms with E-state index in [0.717, 1.165) is 0 Å². The van der Waals surface area contributed by atoms with Gasteiger partial charge in [-0.15, -0.1) is 0 Å². The molecule has 0 saturated heterocycles. The molecule has 0 amide bonds. The Hall–Kier alpha value is -0.140. The van der Waals surface area contributed by atoms with E-state index in [9.17, 15) is 13.2 Å². The fourth-order valence-electron chi connectivity index (χ4n) is 0. The van der Waals surface area contributed by atoms with Crippen molar-refractivity contribution in [2.24, 2.45) is 0 Å². The van der Waals surface area contributed by atoms with Crippen LogP contribution < -0.4 is 4.90 Å². The number of alkyl halides is 3. The molecule has 0 bridgehead atoms. The van der Waals surface area contributed by atoms with Gasteiger partial charge in [0.25, 0.3) is 0 Å². The lowest BCUT2D eigenvalue weighted by atomic mass is 11.0. The molecule has 0 fully saturated rings. The third-order valence-electron chi connectivity index (χ3n) is 0.189. The van der Waals surface area contributed by atoms with Crippen LogP contribution in [0, 0.1) is 0 Å². The van der Waals surface area contributed by atoms with Crippen molar-refractivity contribution in [3.63, 3.8) is 0 Å². The van der Waals surface area contributed by atoms with Crippen molar-refractivity contribution < 1.29 is 26.8 Å². The van der Waals surface area contributed by atoms with E-state index in [0.29, 0.717) is 0 Å². The largest absolute Gasteiger partial charge is 0.766 e. The van der Waals surface area contributed by atoms with Gasteiger partial charge >= 0.3 is 5.51 Å². The van der Waals surface area contributed by atoms with Gasteiger partial charge in [-0.1, -0.05) is 0 Å². The van der Waals surface area contributed by atoms with E-state index < -0.39 is 16.6 Å². The van der Waals surface area contributed by atoms with Gasteiger partial charge in [-0.2, -0.15) is 13.2 Å². The normalized spacial score (nSPS) is 13.8. The summed E-state index contributed by atoms with van der Waals surface area (Å²) in [7, 11) is 6.25. The van der Waals surface area contributed by atoms with Crippen molar-refractivity contribution in [2.45, 2.75) is 5.51 Å².